The Morgan fingerprint density at radius 2 is 1.91 bits per heavy atom. The number of rotatable bonds is 7. The fourth-order valence-electron chi connectivity index (χ4n) is 4.43. The molecule has 1 saturated heterocycles. The molecule has 0 amide bonds. The summed E-state index contributed by atoms with van der Waals surface area (Å²) in [7, 11) is 0. The number of likely N-dealkylation sites (tertiary alicyclic amines) is 1. The van der Waals surface area contributed by atoms with E-state index < -0.39 is 0 Å². The quantitative estimate of drug-likeness (QED) is 0.389. The lowest BCUT2D eigenvalue weighted by Crippen LogP contribution is -2.22. The maximum Gasteiger partial charge on any atom is 0.160 e. The molecule has 35 heavy (non-hydrogen) atoms. The lowest BCUT2D eigenvalue weighted by atomic mass is 9.98. The molecular formula is C28H27FN6. The highest BCUT2D eigenvalue weighted by atomic mass is 19.1. The van der Waals surface area contributed by atoms with Crippen LogP contribution in [0.4, 0.5) is 4.39 Å². The number of halogens is 1. The minimum atomic E-state index is -0.327. The van der Waals surface area contributed by atoms with Crippen LogP contribution in [0.1, 0.15) is 18.4 Å². The summed E-state index contributed by atoms with van der Waals surface area (Å²) in [4.78, 5) is 20.5. The summed E-state index contributed by atoms with van der Waals surface area (Å²) in [5.41, 5.74) is 10.8. The monoisotopic (exact) mass is 466 g/mol. The predicted octanol–water partition coefficient (Wildman–Crippen LogP) is 4.96. The highest BCUT2D eigenvalue weighted by Gasteiger charge is 2.14. The second kappa shape index (κ2) is 10.5. The molecule has 0 bridgehead atoms. The average molecular weight is 467 g/mol. The maximum absolute atomic E-state index is 14.6. The van der Waals surface area contributed by atoms with Gasteiger partial charge < -0.3 is 10.6 Å². The Morgan fingerprint density at radius 3 is 2.74 bits per heavy atom. The van der Waals surface area contributed by atoms with Gasteiger partial charge in [-0.05, 0) is 67.9 Å². The van der Waals surface area contributed by atoms with Crippen LogP contribution in [0.25, 0.3) is 39.0 Å². The molecule has 0 aliphatic carbocycles. The fraction of sp³-hybridized carbons (Fsp3) is 0.214. The van der Waals surface area contributed by atoms with E-state index in [1.807, 2.05) is 30.5 Å². The van der Waals surface area contributed by atoms with Crippen molar-refractivity contribution in [1.82, 2.24) is 19.9 Å². The SMILES string of the molecule is NC=C(C=NCCN1CCCC1)c1cncc(-c2cc(-c3ccccc3F)nc3ncccc23)c1. The van der Waals surface area contributed by atoms with E-state index in [2.05, 4.69) is 24.8 Å². The molecule has 176 valence electrons. The maximum atomic E-state index is 14.6. The number of nitrogens with zero attached hydrogens (tertiary/aromatic N) is 5. The normalized spacial score (nSPS) is 14.8. The van der Waals surface area contributed by atoms with Gasteiger partial charge in [0.15, 0.2) is 5.65 Å². The van der Waals surface area contributed by atoms with Crippen molar-refractivity contribution in [3.63, 3.8) is 0 Å². The van der Waals surface area contributed by atoms with Gasteiger partial charge in [-0.1, -0.05) is 12.1 Å². The van der Waals surface area contributed by atoms with Crippen molar-refractivity contribution in [3.8, 4) is 22.4 Å². The first-order valence-corrected chi connectivity index (χ1v) is 11.8. The zero-order chi connectivity index (χ0) is 24.0. The summed E-state index contributed by atoms with van der Waals surface area (Å²) in [5, 5.41) is 0.865. The van der Waals surface area contributed by atoms with Crippen molar-refractivity contribution < 1.29 is 4.39 Å². The molecule has 0 radical (unpaired) electrons. The lowest BCUT2D eigenvalue weighted by molar-refractivity contribution is 0.349. The largest absolute Gasteiger partial charge is 0.404 e. The number of hydrogen-bond donors (Lipinski definition) is 1. The Hall–Kier alpha value is -3.97. The third kappa shape index (κ3) is 5.10. The molecule has 1 aliphatic heterocycles. The van der Waals surface area contributed by atoms with Crippen molar-refractivity contribution in [2.75, 3.05) is 26.2 Å². The molecule has 3 aromatic heterocycles. The van der Waals surface area contributed by atoms with Crippen LogP contribution >= 0.6 is 0 Å². The van der Waals surface area contributed by atoms with Gasteiger partial charge in [0.1, 0.15) is 5.82 Å². The van der Waals surface area contributed by atoms with Gasteiger partial charge in [0.25, 0.3) is 0 Å². The van der Waals surface area contributed by atoms with Gasteiger partial charge in [-0.15, -0.1) is 0 Å². The third-order valence-corrected chi connectivity index (χ3v) is 6.27. The van der Waals surface area contributed by atoms with Gasteiger partial charge in [-0.25, -0.2) is 14.4 Å². The first-order chi connectivity index (χ1) is 17.2. The van der Waals surface area contributed by atoms with Crippen LogP contribution < -0.4 is 5.73 Å². The third-order valence-electron chi connectivity index (χ3n) is 6.27. The summed E-state index contributed by atoms with van der Waals surface area (Å²) in [5.74, 6) is -0.327. The molecule has 0 saturated carbocycles. The predicted molar refractivity (Wildman–Crippen MR) is 139 cm³/mol. The topological polar surface area (TPSA) is 80.3 Å². The first kappa shape index (κ1) is 22.8. The Morgan fingerprint density at radius 1 is 1.06 bits per heavy atom. The minimum absolute atomic E-state index is 0.327. The lowest BCUT2D eigenvalue weighted by Gasteiger charge is -2.12. The number of pyridine rings is 3. The van der Waals surface area contributed by atoms with E-state index in [-0.39, 0.29) is 5.82 Å². The number of nitrogens with two attached hydrogens (primary N) is 1. The molecule has 0 spiro atoms. The number of allylic oxidation sites excluding steroid dienone is 1. The fourth-order valence-corrected chi connectivity index (χ4v) is 4.43. The number of aliphatic imine (C=N–C) groups is 1. The number of benzene rings is 1. The van der Waals surface area contributed by atoms with Gasteiger partial charge in [0.05, 0.1) is 12.2 Å². The van der Waals surface area contributed by atoms with Crippen LogP contribution in [0.3, 0.4) is 0 Å². The number of hydrogen-bond acceptors (Lipinski definition) is 6. The molecule has 0 unspecified atom stereocenters. The van der Waals surface area contributed by atoms with E-state index in [4.69, 9.17) is 5.73 Å². The zero-order valence-corrected chi connectivity index (χ0v) is 19.4. The molecule has 1 fully saturated rings. The van der Waals surface area contributed by atoms with E-state index in [0.29, 0.717) is 16.9 Å². The molecule has 1 aromatic carbocycles. The van der Waals surface area contributed by atoms with Crippen LogP contribution in [-0.2, 0) is 0 Å². The standard InChI is InChI=1S/C28H27FN6/c29-26-8-2-1-6-24(26)27-15-25(23-7-5-9-33-28(23)34-27)21-14-20(17-32-18-21)22(16-30)19-31-10-13-35-11-3-4-12-35/h1-2,5-9,14-19H,3-4,10-13,30H2. The summed E-state index contributed by atoms with van der Waals surface area (Å²) >= 11 is 0. The molecule has 1 aliphatic rings. The van der Waals surface area contributed by atoms with E-state index >= 15 is 0 Å². The van der Waals surface area contributed by atoms with Crippen LogP contribution in [-0.4, -0.2) is 52.2 Å². The van der Waals surface area contributed by atoms with Gasteiger partial charge in [0.2, 0.25) is 0 Å². The van der Waals surface area contributed by atoms with Crippen molar-refractivity contribution in [3.05, 3.63) is 84.7 Å². The number of aromatic nitrogens is 3. The van der Waals surface area contributed by atoms with Crippen molar-refractivity contribution in [2.45, 2.75) is 12.8 Å². The van der Waals surface area contributed by atoms with Crippen LogP contribution in [0.5, 0.6) is 0 Å². The zero-order valence-electron chi connectivity index (χ0n) is 19.4. The second-order valence-corrected chi connectivity index (χ2v) is 8.58. The van der Waals surface area contributed by atoms with Gasteiger partial charge in [-0.3, -0.25) is 9.98 Å². The summed E-state index contributed by atoms with van der Waals surface area (Å²) in [6.45, 7) is 4.01. The smallest absolute Gasteiger partial charge is 0.160 e. The highest BCUT2D eigenvalue weighted by molar-refractivity contribution is 6.10. The van der Waals surface area contributed by atoms with E-state index in [1.165, 1.54) is 18.9 Å². The second-order valence-electron chi connectivity index (χ2n) is 8.58. The van der Waals surface area contributed by atoms with Crippen LogP contribution in [0.15, 0.2) is 78.3 Å². The van der Waals surface area contributed by atoms with Crippen molar-refractivity contribution in [2.24, 2.45) is 10.7 Å². The van der Waals surface area contributed by atoms with Gasteiger partial charge in [-0.2, -0.15) is 0 Å². The van der Waals surface area contributed by atoms with Crippen molar-refractivity contribution in [1.29, 1.82) is 0 Å². The first-order valence-electron chi connectivity index (χ1n) is 11.8. The molecular weight excluding hydrogens is 439 g/mol. The highest BCUT2D eigenvalue weighted by Crippen LogP contribution is 2.32. The van der Waals surface area contributed by atoms with Gasteiger partial charge >= 0.3 is 0 Å². The molecule has 7 heteroatoms. The minimum Gasteiger partial charge on any atom is -0.404 e. The molecule has 6 nitrogen and oxygen atoms in total. The summed E-state index contributed by atoms with van der Waals surface area (Å²) in [6, 6.07) is 14.4. The van der Waals surface area contributed by atoms with Crippen LogP contribution in [0.2, 0.25) is 0 Å². The van der Waals surface area contributed by atoms with E-state index in [9.17, 15) is 4.39 Å². The molecule has 0 atom stereocenters. The van der Waals surface area contributed by atoms with Crippen LogP contribution in [0, 0.1) is 5.82 Å². The Bertz CT molecular complexity index is 1390. The summed E-state index contributed by atoms with van der Waals surface area (Å²) < 4.78 is 14.6. The molecule has 4 heterocycles. The molecule has 5 rings (SSSR count). The molecule has 4 aromatic rings. The number of fused-ring (bicyclic) bond motifs is 1. The molecule has 2 N–H and O–H groups in total. The van der Waals surface area contributed by atoms with E-state index in [0.717, 1.165) is 53.8 Å². The Labute approximate surface area is 204 Å². The Balaban J connectivity index is 1.49. The summed E-state index contributed by atoms with van der Waals surface area (Å²) in [6.07, 6.45) is 11.2. The average Bonchev–Trinajstić information content (AvgIpc) is 3.42. The van der Waals surface area contributed by atoms with Gasteiger partial charge in [0, 0.05) is 65.2 Å². The van der Waals surface area contributed by atoms with Crippen molar-refractivity contribution >= 4 is 22.8 Å². The Kier molecular flexibility index (Phi) is 6.86. The van der Waals surface area contributed by atoms with E-state index in [1.54, 1.807) is 43.0 Å².